The summed E-state index contributed by atoms with van der Waals surface area (Å²) in [5.41, 5.74) is 3.10. The zero-order valence-electron chi connectivity index (χ0n) is 16.6. The molecule has 0 bridgehead atoms. The lowest BCUT2D eigenvalue weighted by Crippen LogP contribution is -2.24. The number of aromatic nitrogens is 2. The second kappa shape index (κ2) is 8.05. The minimum absolute atomic E-state index is 0.114. The molecule has 2 heterocycles. The highest BCUT2D eigenvalue weighted by atomic mass is 16.5. The van der Waals surface area contributed by atoms with E-state index in [9.17, 15) is 4.79 Å². The largest absolute Gasteiger partial charge is 0.494 e. The summed E-state index contributed by atoms with van der Waals surface area (Å²) in [6.45, 7) is 6.42. The highest BCUT2D eigenvalue weighted by Crippen LogP contribution is 2.34. The molecule has 0 aliphatic carbocycles. The summed E-state index contributed by atoms with van der Waals surface area (Å²) in [7, 11) is 0. The van der Waals surface area contributed by atoms with Gasteiger partial charge in [-0.15, -0.1) is 0 Å². The lowest BCUT2D eigenvalue weighted by Gasteiger charge is -2.18. The van der Waals surface area contributed by atoms with Crippen molar-refractivity contribution in [1.82, 2.24) is 9.55 Å². The van der Waals surface area contributed by atoms with Crippen molar-refractivity contribution in [2.75, 3.05) is 18.1 Å². The van der Waals surface area contributed by atoms with Gasteiger partial charge in [0.25, 0.3) is 0 Å². The van der Waals surface area contributed by atoms with Crippen molar-refractivity contribution in [3.8, 4) is 5.75 Å². The Morgan fingerprint density at radius 1 is 1.11 bits per heavy atom. The van der Waals surface area contributed by atoms with E-state index < -0.39 is 0 Å². The molecule has 1 aliphatic rings. The number of fused-ring (bicyclic) bond motifs is 1. The predicted octanol–water partition coefficient (Wildman–Crippen LogP) is 4.76. The number of anilines is 1. The fraction of sp³-hybridized carbons (Fsp3) is 0.391. The van der Waals surface area contributed by atoms with Crippen molar-refractivity contribution in [2.24, 2.45) is 0 Å². The maximum atomic E-state index is 12.8. The van der Waals surface area contributed by atoms with Crippen LogP contribution in [0.1, 0.15) is 44.9 Å². The SMILES string of the molecule is CCCCn1c([C@H]2CC(=O)N(c3ccc(OCC)cc3)C2)nc2ccccc21. The zero-order valence-corrected chi connectivity index (χ0v) is 16.6. The van der Waals surface area contributed by atoms with Crippen LogP contribution in [0.3, 0.4) is 0 Å². The van der Waals surface area contributed by atoms with Gasteiger partial charge in [-0.3, -0.25) is 4.79 Å². The summed E-state index contributed by atoms with van der Waals surface area (Å²) < 4.78 is 7.83. The van der Waals surface area contributed by atoms with Gasteiger partial charge in [-0.05, 0) is 49.7 Å². The van der Waals surface area contributed by atoms with E-state index >= 15 is 0 Å². The van der Waals surface area contributed by atoms with Crippen LogP contribution in [-0.4, -0.2) is 28.6 Å². The third-order valence-electron chi connectivity index (χ3n) is 5.37. The van der Waals surface area contributed by atoms with Crippen molar-refractivity contribution < 1.29 is 9.53 Å². The smallest absolute Gasteiger partial charge is 0.227 e. The van der Waals surface area contributed by atoms with Gasteiger partial charge in [-0.25, -0.2) is 4.98 Å². The number of rotatable bonds is 7. The van der Waals surface area contributed by atoms with Gasteiger partial charge in [0, 0.05) is 31.1 Å². The Kier molecular flexibility index (Phi) is 5.33. The lowest BCUT2D eigenvalue weighted by atomic mass is 10.1. The van der Waals surface area contributed by atoms with Crippen LogP contribution < -0.4 is 9.64 Å². The molecule has 2 aromatic carbocycles. The number of imidazole rings is 1. The van der Waals surface area contributed by atoms with Gasteiger partial charge in [0.15, 0.2) is 0 Å². The predicted molar refractivity (Wildman–Crippen MR) is 112 cm³/mol. The van der Waals surface area contributed by atoms with Gasteiger partial charge in [-0.1, -0.05) is 25.5 Å². The molecule has 146 valence electrons. The number of hydrogen-bond donors (Lipinski definition) is 0. The Hall–Kier alpha value is -2.82. The maximum absolute atomic E-state index is 12.8. The maximum Gasteiger partial charge on any atom is 0.227 e. The van der Waals surface area contributed by atoms with Crippen molar-refractivity contribution in [3.63, 3.8) is 0 Å². The van der Waals surface area contributed by atoms with Crippen LogP contribution in [0.5, 0.6) is 5.75 Å². The van der Waals surface area contributed by atoms with Crippen LogP contribution in [0.25, 0.3) is 11.0 Å². The van der Waals surface area contributed by atoms with E-state index in [0.29, 0.717) is 19.6 Å². The molecule has 5 nitrogen and oxygen atoms in total. The van der Waals surface area contributed by atoms with E-state index in [1.165, 1.54) is 0 Å². The Morgan fingerprint density at radius 3 is 2.64 bits per heavy atom. The molecular formula is C23H27N3O2. The fourth-order valence-corrected chi connectivity index (χ4v) is 3.98. The number of benzene rings is 2. The van der Waals surface area contributed by atoms with Crippen molar-refractivity contribution in [1.29, 1.82) is 0 Å². The summed E-state index contributed by atoms with van der Waals surface area (Å²) in [5, 5.41) is 0. The molecule has 3 aromatic rings. The van der Waals surface area contributed by atoms with E-state index in [-0.39, 0.29) is 11.8 Å². The topological polar surface area (TPSA) is 47.4 Å². The van der Waals surface area contributed by atoms with Gasteiger partial charge in [0.1, 0.15) is 11.6 Å². The molecule has 0 spiro atoms. The average molecular weight is 377 g/mol. The molecule has 0 N–H and O–H groups in total. The van der Waals surface area contributed by atoms with Gasteiger partial charge in [0.05, 0.1) is 17.6 Å². The average Bonchev–Trinajstić information content (AvgIpc) is 3.28. The fourth-order valence-electron chi connectivity index (χ4n) is 3.98. The first kappa shape index (κ1) is 18.5. The first-order valence-electron chi connectivity index (χ1n) is 10.2. The summed E-state index contributed by atoms with van der Waals surface area (Å²) in [6.07, 6.45) is 2.74. The molecular weight excluding hydrogens is 350 g/mol. The highest BCUT2D eigenvalue weighted by Gasteiger charge is 2.34. The van der Waals surface area contributed by atoms with Crippen molar-refractivity contribution >= 4 is 22.6 Å². The second-order valence-electron chi connectivity index (χ2n) is 7.30. The van der Waals surface area contributed by atoms with Gasteiger partial charge in [0.2, 0.25) is 5.91 Å². The van der Waals surface area contributed by atoms with E-state index in [4.69, 9.17) is 9.72 Å². The number of unbranched alkanes of at least 4 members (excludes halogenated alkanes) is 1. The normalized spacial score (nSPS) is 16.9. The van der Waals surface area contributed by atoms with Crippen molar-refractivity contribution in [2.45, 2.75) is 45.6 Å². The third kappa shape index (κ3) is 3.49. The molecule has 1 aliphatic heterocycles. The second-order valence-corrected chi connectivity index (χ2v) is 7.30. The molecule has 0 saturated carbocycles. The van der Waals surface area contributed by atoms with Crippen LogP contribution >= 0.6 is 0 Å². The third-order valence-corrected chi connectivity index (χ3v) is 5.37. The van der Waals surface area contributed by atoms with Gasteiger partial charge >= 0.3 is 0 Å². The quantitative estimate of drug-likeness (QED) is 0.597. The molecule has 1 aromatic heterocycles. The van der Waals surface area contributed by atoms with Crippen molar-refractivity contribution in [3.05, 3.63) is 54.4 Å². The summed E-state index contributed by atoms with van der Waals surface area (Å²) >= 11 is 0. The van der Waals surface area contributed by atoms with Gasteiger partial charge < -0.3 is 14.2 Å². The lowest BCUT2D eigenvalue weighted by molar-refractivity contribution is -0.117. The summed E-state index contributed by atoms with van der Waals surface area (Å²) in [6, 6.07) is 16.0. The summed E-state index contributed by atoms with van der Waals surface area (Å²) in [4.78, 5) is 19.6. The zero-order chi connectivity index (χ0) is 19.5. The molecule has 1 amide bonds. The molecule has 4 rings (SSSR count). The van der Waals surface area contributed by atoms with E-state index in [1.807, 2.05) is 42.2 Å². The number of nitrogens with zero attached hydrogens (tertiary/aromatic N) is 3. The first-order valence-corrected chi connectivity index (χ1v) is 10.2. The van der Waals surface area contributed by atoms with Crippen LogP contribution in [0.2, 0.25) is 0 Å². The van der Waals surface area contributed by atoms with E-state index in [2.05, 4.69) is 29.7 Å². The number of carbonyl (C=O) groups excluding carboxylic acids is 1. The van der Waals surface area contributed by atoms with Gasteiger partial charge in [-0.2, -0.15) is 0 Å². The number of hydrogen-bond acceptors (Lipinski definition) is 3. The van der Waals surface area contributed by atoms with Crippen LogP contribution in [0, 0.1) is 0 Å². The Labute approximate surface area is 165 Å². The molecule has 1 saturated heterocycles. The monoisotopic (exact) mass is 377 g/mol. The first-order chi connectivity index (χ1) is 13.7. The summed E-state index contributed by atoms with van der Waals surface area (Å²) in [5.74, 6) is 2.14. The number of carbonyl (C=O) groups is 1. The number of para-hydroxylation sites is 2. The van der Waals surface area contributed by atoms with Crippen LogP contribution in [0.4, 0.5) is 5.69 Å². The number of ether oxygens (including phenoxy) is 1. The van der Waals surface area contributed by atoms with Crippen LogP contribution in [0.15, 0.2) is 48.5 Å². The minimum Gasteiger partial charge on any atom is -0.494 e. The van der Waals surface area contributed by atoms with E-state index in [0.717, 1.165) is 47.7 Å². The van der Waals surface area contributed by atoms with E-state index in [1.54, 1.807) is 0 Å². The Bertz CT molecular complexity index is 962. The van der Waals surface area contributed by atoms with Crippen LogP contribution in [-0.2, 0) is 11.3 Å². The molecule has 5 heteroatoms. The number of amides is 1. The Morgan fingerprint density at radius 2 is 1.89 bits per heavy atom. The number of aryl methyl sites for hydroxylation is 1. The molecule has 28 heavy (non-hydrogen) atoms. The standard InChI is InChI=1S/C23H27N3O2/c1-3-5-14-25-21-9-7-6-8-20(21)24-23(25)17-15-22(27)26(16-17)18-10-12-19(13-11-18)28-4-2/h6-13,17H,3-5,14-16H2,1-2H3/t17-/m0/s1. The Balaban J connectivity index is 1.61. The highest BCUT2D eigenvalue weighted by molar-refractivity contribution is 5.96. The minimum atomic E-state index is 0.114. The molecule has 1 fully saturated rings. The molecule has 0 unspecified atom stereocenters. The molecule has 1 atom stereocenters. The molecule has 0 radical (unpaired) electrons.